The molecule has 29 heavy (non-hydrogen) atoms. The fourth-order valence-electron chi connectivity index (χ4n) is 3.43. The Morgan fingerprint density at radius 1 is 1.28 bits per heavy atom. The van der Waals surface area contributed by atoms with Crippen LogP contribution in [0.2, 0.25) is 0 Å². The summed E-state index contributed by atoms with van der Waals surface area (Å²) in [6.45, 7) is 1.43. The number of benzene rings is 2. The van der Waals surface area contributed by atoms with E-state index in [0.717, 1.165) is 35.0 Å². The molecule has 0 saturated carbocycles. The number of rotatable bonds is 7. The summed E-state index contributed by atoms with van der Waals surface area (Å²) in [6, 6.07) is 16.1. The van der Waals surface area contributed by atoms with Gasteiger partial charge in [0.05, 0.1) is 5.69 Å². The third-order valence-corrected chi connectivity index (χ3v) is 8.13. The maximum Gasteiger partial charge on any atom is 0.252 e. The van der Waals surface area contributed by atoms with Gasteiger partial charge in [-0.15, -0.1) is 0 Å². The summed E-state index contributed by atoms with van der Waals surface area (Å²) in [5.74, 6) is 2.16. The lowest BCUT2D eigenvalue weighted by Crippen LogP contribution is -2.40. The van der Waals surface area contributed by atoms with E-state index in [1.807, 2.05) is 54.4 Å². The number of hydrogen-bond donors (Lipinski definition) is 0. The molecule has 0 amide bonds. The Hall–Kier alpha value is -1.81. The van der Waals surface area contributed by atoms with Gasteiger partial charge in [0.1, 0.15) is 14.9 Å². The first-order chi connectivity index (χ1) is 13.9. The molecule has 1 unspecified atom stereocenters. The fraction of sp³-hybridized carbons (Fsp3) is 0.300. The van der Waals surface area contributed by atoms with E-state index < -0.39 is 14.2 Å². The Labute approximate surface area is 179 Å². The molecule has 0 spiro atoms. The van der Waals surface area contributed by atoms with Crippen molar-refractivity contribution in [2.24, 2.45) is 0 Å². The first-order valence-electron chi connectivity index (χ1n) is 9.17. The Bertz CT molecular complexity index is 1010. The van der Waals surface area contributed by atoms with E-state index in [-0.39, 0.29) is 5.75 Å². The van der Waals surface area contributed by atoms with Gasteiger partial charge < -0.3 is 19.1 Å². The van der Waals surface area contributed by atoms with E-state index in [2.05, 4.69) is 23.1 Å². The monoisotopic (exact) mass is 449 g/mol. The van der Waals surface area contributed by atoms with Crippen LogP contribution in [-0.2, 0) is 9.15 Å². The Morgan fingerprint density at radius 3 is 2.79 bits per heavy atom. The van der Waals surface area contributed by atoms with Crippen molar-refractivity contribution in [2.45, 2.75) is 5.06 Å². The van der Waals surface area contributed by atoms with Gasteiger partial charge in [0.25, 0.3) is 5.06 Å². The molecule has 1 saturated heterocycles. The van der Waals surface area contributed by atoms with Gasteiger partial charge in [-0.3, -0.25) is 0 Å². The SMILES string of the molecule is CN(CCSS(=O)(=O)[O-])c1ccc(/C=C/C23Oc4ccccc4N2CCS3)cc1. The predicted octanol–water partition coefficient (Wildman–Crippen LogP) is 3.63. The molecule has 9 heteroatoms. The molecule has 2 heterocycles. The van der Waals surface area contributed by atoms with Crippen LogP contribution >= 0.6 is 22.6 Å². The van der Waals surface area contributed by atoms with Gasteiger partial charge >= 0.3 is 0 Å². The van der Waals surface area contributed by atoms with Gasteiger partial charge in [0.2, 0.25) is 0 Å². The van der Waals surface area contributed by atoms with Crippen LogP contribution in [0.4, 0.5) is 11.4 Å². The molecule has 6 nitrogen and oxygen atoms in total. The number of anilines is 2. The molecule has 0 bridgehead atoms. The van der Waals surface area contributed by atoms with Crippen molar-refractivity contribution >= 4 is 49.2 Å². The zero-order chi connectivity index (χ0) is 20.5. The molecule has 2 aromatic rings. The molecule has 2 aromatic carbocycles. The molecule has 154 valence electrons. The maximum atomic E-state index is 10.7. The van der Waals surface area contributed by atoms with Crippen LogP contribution in [0.25, 0.3) is 6.08 Å². The average Bonchev–Trinajstić information content (AvgIpc) is 3.22. The number of para-hydroxylation sites is 2. The van der Waals surface area contributed by atoms with E-state index in [9.17, 15) is 13.0 Å². The van der Waals surface area contributed by atoms with Gasteiger partial charge in [-0.1, -0.05) is 42.1 Å². The second-order valence-corrected chi connectivity index (χ2v) is 11.5. The molecule has 1 atom stereocenters. The number of ether oxygens (including phenoxy) is 1. The van der Waals surface area contributed by atoms with Gasteiger partial charge in [0.15, 0.2) is 0 Å². The molecular formula is C20H21N2O4S3-. The molecule has 0 N–H and O–H groups in total. The zero-order valence-electron chi connectivity index (χ0n) is 15.9. The number of thioether (sulfide) groups is 1. The molecule has 0 radical (unpaired) electrons. The van der Waals surface area contributed by atoms with Gasteiger partial charge in [0, 0.05) is 37.3 Å². The zero-order valence-corrected chi connectivity index (χ0v) is 18.3. The Balaban J connectivity index is 1.42. The summed E-state index contributed by atoms with van der Waals surface area (Å²) >= 11 is 1.79. The highest BCUT2D eigenvalue weighted by molar-refractivity contribution is 8.69. The van der Waals surface area contributed by atoms with Crippen LogP contribution in [-0.4, -0.2) is 49.7 Å². The first kappa shape index (κ1) is 20.5. The number of hydrogen-bond acceptors (Lipinski definition) is 8. The van der Waals surface area contributed by atoms with Crippen molar-refractivity contribution in [1.29, 1.82) is 0 Å². The lowest BCUT2D eigenvalue weighted by atomic mass is 10.1. The van der Waals surface area contributed by atoms with Gasteiger partial charge in [-0.2, -0.15) is 0 Å². The third kappa shape index (κ3) is 4.53. The van der Waals surface area contributed by atoms with E-state index in [1.54, 1.807) is 11.8 Å². The highest BCUT2D eigenvalue weighted by Crippen LogP contribution is 2.51. The van der Waals surface area contributed by atoms with Crippen LogP contribution in [0.3, 0.4) is 0 Å². The van der Waals surface area contributed by atoms with E-state index in [0.29, 0.717) is 17.3 Å². The molecule has 2 aliphatic rings. The van der Waals surface area contributed by atoms with Crippen LogP contribution in [0.5, 0.6) is 5.75 Å². The van der Waals surface area contributed by atoms with Crippen molar-refractivity contribution in [1.82, 2.24) is 0 Å². The number of fused-ring (bicyclic) bond motifs is 3. The normalized spacial score (nSPS) is 20.6. The quantitative estimate of drug-likeness (QED) is 0.469. The average molecular weight is 450 g/mol. The van der Waals surface area contributed by atoms with Gasteiger partial charge in [-0.25, -0.2) is 8.42 Å². The van der Waals surface area contributed by atoms with Crippen molar-refractivity contribution in [3.63, 3.8) is 0 Å². The van der Waals surface area contributed by atoms with Crippen LogP contribution in [0.1, 0.15) is 5.56 Å². The Morgan fingerprint density at radius 2 is 2.03 bits per heavy atom. The second-order valence-electron chi connectivity index (χ2n) is 6.78. The molecule has 4 rings (SSSR count). The third-order valence-electron chi connectivity index (χ3n) is 4.89. The predicted molar refractivity (Wildman–Crippen MR) is 121 cm³/mol. The summed E-state index contributed by atoms with van der Waals surface area (Å²) in [5, 5.41) is -0.486. The summed E-state index contributed by atoms with van der Waals surface area (Å²) in [7, 11) is -1.94. The van der Waals surface area contributed by atoms with Crippen molar-refractivity contribution < 1.29 is 17.7 Å². The largest absolute Gasteiger partial charge is 0.739 e. The lowest BCUT2D eigenvalue weighted by molar-refractivity contribution is 0.248. The highest BCUT2D eigenvalue weighted by atomic mass is 33.1. The molecule has 2 aliphatic heterocycles. The van der Waals surface area contributed by atoms with Crippen LogP contribution < -0.4 is 14.5 Å². The van der Waals surface area contributed by atoms with Crippen molar-refractivity contribution in [2.75, 3.05) is 41.4 Å². The van der Waals surface area contributed by atoms with Crippen LogP contribution in [0.15, 0.2) is 54.6 Å². The summed E-state index contributed by atoms with van der Waals surface area (Å²) in [5.41, 5.74) is 3.16. The summed E-state index contributed by atoms with van der Waals surface area (Å²) < 4.78 is 38.4. The topological polar surface area (TPSA) is 72.9 Å². The second kappa shape index (κ2) is 8.14. The molecule has 0 aliphatic carbocycles. The molecule has 0 aromatic heterocycles. The van der Waals surface area contributed by atoms with E-state index in [1.165, 1.54) is 0 Å². The standard InChI is InChI=1S/C20H22N2O4S3/c1-21(12-15-28-29(23,24)25)17-8-6-16(7-9-17)10-11-20-22(13-14-27-20)18-4-2-3-5-19(18)26-20/h2-11H,12-15H2,1H3,(H,23,24,25)/p-1/b11-10+. The van der Waals surface area contributed by atoms with Crippen LogP contribution in [0, 0.1) is 0 Å². The number of nitrogens with zero attached hydrogens (tertiary/aromatic N) is 2. The highest BCUT2D eigenvalue weighted by Gasteiger charge is 2.48. The molecular weight excluding hydrogens is 428 g/mol. The van der Waals surface area contributed by atoms with Gasteiger partial charge in [-0.05, 0) is 46.7 Å². The minimum Gasteiger partial charge on any atom is -0.739 e. The maximum absolute atomic E-state index is 10.7. The lowest BCUT2D eigenvalue weighted by Gasteiger charge is -2.27. The smallest absolute Gasteiger partial charge is 0.252 e. The summed E-state index contributed by atoms with van der Waals surface area (Å²) in [4.78, 5) is 4.23. The molecule has 1 fully saturated rings. The minimum atomic E-state index is -4.24. The Kier molecular flexibility index (Phi) is 5.74. The van der Waals surface area contributed by atoms with Crippen molar-refractivity contribution in [3.8, 4) is 5.75 Å². The van der Waals surface area contributed by atoms with E-state index in [4.69, 9.17) is 4.74 Å². The fourth-order valence-corrected chi connectivity index (χ4v) is 6.05. The van der Waals surface area contributed by atoms with E-state index >= 15 is 0 Å². The summed E-state index contributed by atoms with van der Waals surface area (Å²) in [6.07, 6.45) is 4.18. The minimum absolute atomic E-state index is 0.234. The first-order valence-corrected chi connectivity index (χ1v) is 13.1. The van der Waals surface area contributed by atoms with Crippen molar-refractivity contribution in [3.05, 3.63) is 60.2 Å².